The molecule has 0 unspecified atom stereocenters. The molecule has 1 aromatic rings. The van der Waals surface area contributed by atoms with Crippen molar-refractivity contribution in [2.45, 2.75) is 38.8 Å². The van der Waals surface area contributed by atoms with Crippen LogP contribution >= 0.6 is 0 Å². The first kappa shape index (κ1) is 15.4. The van der Waals surface area contributed by atoms with Crippen LogP contribution in [-0.2, 0) is 12.6 Å². The quantitative estimate of drug-likeness (QED) is 0.814. The second-order valence-corrected chi connectivity index (χ2v) is 4.13. The molecule has 0 spiro atoms. The van der Waals surface area contributed by atoms with Crippen molar-refractivity contribution in [3.8, 4) is 0 Å². The van der Waals surface area contributed by atoms with E-state index in [0.29, 0.717) is 17.6 Å². The fourth-order valence-corrected chi connectivity index (χ4v) is 1.92. The minimum Gasteiger partial charge on any atom is -0.478 e. The third-order valence-corrected chi connectivity index (χ3v) is 2.75. The van der Waals surface area contributed by atoms with Crippen molar-refractivity contribution in [1.29, 1.82) is 0 Å². The average molecular weight is 279 g/mol. The summed E-state index contributed by atoms with van der Waals surface area (Å²) < 4.78 is 39.2. The monoisotopic (exact) mass is 279 g/mol. The van der Waals surface area contributed by atoms with Crippen LogP contribution < -0.4 is 4.84 Å². The molecular formula is C12H16F3NO3. The normalized spacial score (nSPS) is 11.6. The fourth-order valence-electron chi connectivity index (χ4n) is 1.92. The van der Waals surface area contributed by atoms with E-state index in [2.05, 4.69) is 0 Å². The number of carbonyl (C=O) groups is 1. The summed E-state index contributed by atoms with van der Waals surface area (Å²) in [6.07, 6.45) is -1.96. The highest BCUT2D eigenvalue weighted by Crippen LogP contribution is 2.34. The van der Waals surface area contributed by atoms with Crippen LogP contribution in [0.15, 0.2) is 6.07 Å². The van der Waals surface area contributed by atoms with E-state index >= 15 is 0 Å². The van der Waals surface area contributed by atoms with Crippen LogP contribution in [0, 0.1) is 0 Å². The molecule has 4 nitrogen and oxygen atoms in total. The number of aromatic carboxylic acids is 1. The zero-order chi connectivity index (χ0) is 14.6. The lowest BCUT2D eigenvalue weighted by Gasteiger charge is -2.13. The van der Waals surface area contributed by atoms with Gasteiger partial charge < -0.3 is 9.94 Å². The number of carboxylic acids is 1. The Balaban J connectivity index is 3.23. The number of alkyl halides is 3. The van der Waals surface area contributed by atoms with Gasteiger partial charge >= 0.3 is 12.1 Å². The zero-order valence-corrected chi connectivity index (χ0v) is 10.8. The van der Waals surface area contributed by atoms with Crippen LogP contribution in [0.2, 0.25) is 0 Å². The number of hydrogen-bond acceptors (Lipinski definition) is 2. The Morgan fingerprint density at radius 2 is 2.05 bits per heavy atom. The topological polar surface area (TPSA) is 51.5 Å². The number of carboxylic acid groups (broad SMARTS) is 1. The molecule has 0 atom stereocenters. The second-order valence-electron chi connectivity index (χ2n) is 4.13. The van der Waals surface area contributed by atoms with E-state index in [0.717, 1.165) is 26.0 Å². The number of aromatic nitrogens is 1. The lowest BCUT2D eigenvalue weighted by molar-refractivity contribution is -0.151. The highest BCUT2D eigenvalue weighted by atomic mass is 19.4. The standard InChI is InChI=1S/C12H16F3NO3/c1-3-4-5-6-8-7-9(11(17)18)10(12(13,14)15)16(8)19-2/h7H,3-6H2,1-2H3,(H,17,18). The molecule has 0 saturated carbocycles. The molecule has 0 aliphatic rings. The predicted molar refractivity (Wildman–Crippen MR) is 62.1 cm³/mol. The van der Waals surface area contributed by atoms with Crippen molar-refractivity contribution in [3.05, 3.63) is 23.0 Å². The number of aryl methyl sites for hydroxylation is 1. The molecule has 0 fully saturated rings. The van der Waals surface area contributed by atoms with Gasteiger partial charge in [-0.25, -0.2) is 4.79 Å². The van der Waals surface area contributed by atoms with Gasteiger partial charge in [0.2, 0.25) is 0 Å². The number of hydrogen-bond donors (Lipinski definition) is 1. The Kier molecular flexibility index (Phi) is 4.85. The van der Waals surface area contributed by atoms with Crippen molar-refractivity contribution in [3.63, 3.8) is 0 Å². The van der Waals surface area contributed by atoms with Gasteiger partial charge in [0.25, 0.3) is 0 Å². The largest absolute Gasteiger partial charge is 0.478 e. The molecule has 0 saturated heterocycles. The van der Waals surface area contributed by atoms with E-state index in [-0.39, 0.29) is 5.69 Å². The van der Waals surface area contributed by atoms with Crippen molar-refractivity contribution >= 4 is 5.97 Å². The van der Waals surface area contributed by atoms with Gasteiger partial charge in [-0.15, -0.1) is 0 Å². The maximum atomic E-state index is 12.9. The molecule has 1 aromatic heterocycles. The number of rotatable bonds is 6. The fraction of sp³-hybridized carbons (Fsp3) is 0.583. The van der Waals surface area contributed by atoms with E-state index in [1.165, 1.54) is 0 Å². The molecule has 19 heavy (non-hydrogen) atoms. The van der Waals surface area contributed by atoms with Crippen molar-refractivity contribution in [1.82, 2.24) is 4.73 Å². The van der Waals surface area contributed by atoms with Crippen molar-refractivity contribution < 1.29 is 27.9 Å². The minimum absolute atomic E-state index is 0.223. The summed E-state index contributed by atoms with van der Waals surface area (Å²) in [6, 6.07) is 1.03. The van der Waals surface area contributed by atoms with Crippen molar-refractivity contribution in [2.75, 3.05) is 7.11 Å². The molecule has 7 heteroatoms. The summed E-state index contributed by atoms with van der Waals surface area (Å²) in [7, 11) is 1.09. The maximum Gasteiger partial charge on any atom is 0.435 e. The molecule has 1 N–H and O–H groups in total. The van der Waals surface area contributed by atoms with E-state index < -0.39 is 23.4 Å². The maximum absolute atomic E-state index is 12.9. The van der Waals surface area contributed by atoms with Gasteiger partial charge in [0.15, 0.2) is 5.69 Å². The SMILES string of the molecule is CCCCCc1cc(C(=O)O)c(C(F)(F)F)n1OC. The summed E-state index contributed by atoms with van der Waals surface area (Å²) in [5.74, 6) is -1.61. The highest BCUT2D eigenvalue weighted by Gasteiger charge is 2.41. The van der Waals surface area contributed by atoms with Crippen LogP contribution in [-0.4, -0.2) is 22.9 Å². The van der Waals surface area contributed by atoms with E-state index in [1.807, 2.05) is 6.92 Å². The molecule has 0 aliphatic heterocycles. The Bertz CT molecular complexity index is 452. The summed E-state index contributed by atoms with van der Waals surface area (Å²) in [5, 5.41) is 8.86. The van der Waals surface area contributed by atoms with Gasteiger partial charge in [0.1, 0.15) is 7.11 Å². The minimum atomic E-state index is -4.77. The first-order valence-electron chi connectivity index (χ1n) is 5.92. The van der Waals surface area contributed by atoms with Crippen LogP contribution in [0.3, 0.4) is 0 Å². The lowest BCUT2D eigenvalue weighted by Crippen LogP contribution is -2.22. The Labute approximate surface area is 108 Å². The smallest absolute Gasteiger partial charge is 0.435 e. The molecule has 0 bridgehead atoms. The summed E-state index contributed by atoms with van der Waals surface area (Å²) in [6.45, 7) is 1.97. The number of nitrogens with zero attached hydrogens (tertiary/aromatic N) is 1. The third kappa shape index (κ3) is 3.42. The molecule has 1 heterocycles. The first-order chi connectivity index (χ1) is 8.82. The van der Waals surface area contributed by atoms with Crippen LogP contribution in [0.5, 0.6) is 0 Å². The van der Waals surface area contributed by atoms with Crippen LogP contribution in [0.1, 0.15) is 47.9 Å². The Morgan fingerprint density at radius 3 is 2.47 bits per heavy atom. The van der Waals surface area contributed by atoms with Gasteiger partial charge in [0, 0.05) is 0 Å². The van der Waals surface area contributed by atoms with Gasteiger partial charge in [-0.05, 0) is 18.9 Å². The van der Waals surface area contributed by atoms with Gasteiger partial charge in [0.05, 0.1) is 11.3 Å². The third-order valence-electron chi connectivity index (χ3n) is 2.75. The lowest BCUT2D eigenvalue weighted by atomic mass is 10.1. The van der Waals surface area contributed by atoms with Gasteiger partial charge in [-0.1, -0.05) is 19.8 Å². The predicted octanol–water partition coefficient (Wildman–Crippen LogP) is 3.00. The number of halogens is 3. The molecule has 0 aliphatic carbocycles. The van der Waals surface area contributed by atoms with Crippen molar-refractivity contribution in [2.24, 2.45) is 0 Å². The van der Waals surface area contributed by atoms with Gasteiger partial charge in [-0.2, -0.15) is 17.9 Å². The first-order valence-corrected chi connectivity index (χ1v) is 5.92. The molecule has 0 amide bonds. The molecule has 0 aromatic carbocycles. The Morgan fingerprint density at radius 1 is 1.42 bits per heavy atom. The molecule has 108 valence electrons. The molecule has 0 radical (unpaired) electrons. The highest BCUT2D eigenvalue weighted by molar-refractivity contribution is 5.89. The number of unbranched alkanes of at least 4 members (excludes halogenated alkanes) is 2. The van der Waals surface area contributed by atoms with E-state index in [9.17, 15) is 18.0 Å². The zero-order valence-electron chi connectivity index (χ0n) is 10.8. The van der Waals surface area contributed by atoms with E-state index in [4.69, 9.17) is 9.94 Å². The molecule has 1 rings (SSSR count). The molecular weight excluding hydrogens is 263 g/mol. The van der Waals surface area contributed by atoms with Gasteiger partial charge in [-0.3, -0.25) is 0 Å². The summed E-state index contributed by atoms with van der Waals surface area (Å²) in [4.78, 5) is 15.6. The van der Waals surface area contributed by atoms with Crippen LogP contribution in [0.4, 0.5) is 13.2 Å². The average Bonchev–Trinajstić information content (AvgIpc) is 2.68. The Hall–Kier alpha value is -1.66. The van der Waals surface area contributed by atoms with Crippen LogP contribution in [0.25, 0.3) is 0 Å². The summed E-state index contributed by atoms with van der Waals surface area (Å²) >= 11 is 0. The summed E-state index contributed by atoms with van der Waals surface area (Å²) in [5.41, 5.74) is -1.82. The second kappa shape index (κ2) is 5.99. The van der Waals surface area contributed by atoms with E-state index in [1.54, 1.807) is 0 Å².